The van der Waals surface area contributed by atoms with Crippen LogP contribution in [0.1, 0.15) is 13.8 Å². The van der Waals surface area contributed by atoms with E-state index in [1.165, 1.54) is 0 Å². The molecule has 3 heteroatoms. The van der Waals surface area contributed by atoms with Crippen molar-refractivity contribution in [2.24, 2.45) is 0 Å². The summed E-state index contributed by atoms with van der Waals surface area (Å²) in [4.78, 5) is 0.750. The Hall–Kier alpha value is -1.09. The second-order valence-electron chi connectivity index (χ2n) is 3.29. The summed E-state index contributed by atoms with van der Waals surface area (Å²) in [7, 11) is -1.000. The van der Waals surface area contributed by atoms with Crippen LogP contribution in [0.4, 0.5) is 0 Å². The Morgan fingerprint density at radius 2 is 1.93 bits per heavy atom. The molecule has 0 unspecified atom stereocenters. The summed E-state index contributed by atoms with van der Waals surface area (Å²) < 4.78 is 11.6. The molecule has 1 atom stereocenters. The van der Waals surface area contributed by atoms with Crippen LogP contribution >= 0.6 is 0 Å². The van der Waals surface area contributed by atoms with Gasteiger partial charge < -0.3 is 5.11 Å². The highest BCUT2D eigenvalue weighted by atomic mass is 32.2. The lowest BCUT2D eigenvalue weighted by molar-refractivity contribution is 0.475. The molecule has 14 heavy (non-hydrogen) atoms. The molecule has 0 bridgehead atoms. The van der Waals surface area contributed by atoms with Crippen LogP contribution in [0.3, 0.4) is 0 Å². The molecule has 76 valence electrons. The quantitative estimate of drug-likeness (QED) is 0.778. The average Bonchev–Trinajstić information content (AvgIpc) is 2.15. The van der Waals surface area contributed by atoms with Gasteiger partial charge in [0.05, 0.1) is 10.8 Å². The van der Waals surface area contributed by atoms with Gasteiger partial charge in [0.15, 0.2) is 0 Å². The van der Waals surface area contributed by atoms with Gasteiger partial charge in [-0.05, 0) is 38.1 Å². The molecule has 0 saturated carbocycles. The number of phenolic OH excluding ortho intramolecular Hbond substituents is 1. The van der Waals surface area contributed by atoms with Gasteiger partial charge >= 0.3 is 0 Å². The van der Waals surface area contributed by atoms with Crippen molar-refractivity contribution in [3.8, 4) is 5.75 Å². The van der Waals surface area contributed by atoms with Crippen LogP contribution in [0.15, 0.2) is 40.8 Å². The van der Waals surface area contributed by atoms with E-state index in [0.29, 0.717) is 5.75 Å². The minimum atomic E-state index is -1.000. The lowest BCUT2D eigenvalue weighted by Crippen LogP contribution is -1.95. The first kappa shape index (κ1) is 11.0. The van der Waals surface area contributed by atoms with Crippen LogP contribution in [0, 0.1) is 0 Å². The molecular weight excluding hydrogens is 196 g/mol. The minimum Gasteiger partial charge on any atom is -0.508 e. The highest BCUT2D eigenvalue weighted by molar-refractivity contribution is 7.85. The van der Waals surface area contributed by atoms with Crippen molar-refractivity contribution in [3.63, 3.8) is 0 Å². The topological polar surface area (TPSA) is 37.3 Å². The van der Waals surface area contributed by atoms with Crippen molar-refractivity contribution in [3.05, 3.63) is 35.9 Å². The Morgan fingerprint density at radius 1 is 1.36 bits per heavy atom. The number of rotatable bonds is 3. The SMILES string of the molecule is CC(C)=CC[S@](=O)c1ccc(O)cc1. The fourth-order valence-electron chi connectivity index (χ4n) is 0.936. The second-order valence-corrected chi connectivity index (χ2v) is 4.78. The second kappa shape index (κ2) is 4.96. The van der Waals surface area contributed by atoms with E-state index in [9.17, 15) is 4.21 Å². The van der Waals surface area contributed by atoms with Crippen molar-refractivity contribution in [2.45, 2.75) is 18.7 Å². The van der Waals surface area contributed by atoms with Gasteiger partial charge in [-0.15, -0.1) is 0 Å². The molecule has 2 nitrogen and oxygen atoms in total. The largest absolute Gasteiger partial charge is 0.508 e. The van der Waals surface area contributed by atoms with Gasteiger partial charge in [0.25, 0.3) is 0 Å². The van der Waals surface area contributed by atoms with E-state index in [2.05, 4.69) is 0 Å². The molecule has 0 aliphatic heterocycles. The van der Waals surface area contributed by atoms with E-state index in [-0.39, 0.29) is 5.75 Å². The van der Waals surface area contributed by atoms with Crippen LogP contribution in [-0.2, 0) is 10.8 Å². The minimum absolute atomic E-state index is 0.202. The number of benzene rings is 1. The summed E-state index contributed by atoms with van der Waals surface area (Å²) in [6.07, 6.45) is 1.95. The Morgan fingerprint density at radius 3 is 2.43 bits per heavy atom. The molecular formula is C11H14O2S. The van der Waals surface area contributed by atoms with Crippen molar-refractivity contribution in [1.82, 2.24) is 0 Å². The van der Waals surface area contributed by atoms with Crippen LogP contribution in [0.2, 0.25) is 0 Å². The molecule has 0 spiro atoms. The molecule has 0 aliphatic rings. The Balaban J connectivity index is 2.70. The third-order valence-corrected chi connectivity index (χ3v) is 3.01. The van der Waals surface area contributed by atoms with Gasteiger partial charge in [-0.3, -0.25) is 4.21 Å². The lowest BCUT2D eigenvalue weighted by Gasteiger charge is -1.99. The normalized spacial score (nSPS) is 12.1. The zero-order chi connectivity index (χ0) is 10.6. The standard InChI is InChI=1S/C11H14O2S/c1-9(2)7-8-14(13)11-5-3-10(12)4-6-11/h3-7,12H,8H2,1-2H3/t14-/m0/s1. The zero-order valence-electron chi connectivity index (χ0n) is 8.36. The summed E-state index contributed by atoms with van der Waals surface area (Å²) in [5.41, 5.74) is 1.16. The summed E-state index contributed by atoms with van der Waals surface area (Å²) in [6.45, 7) is 3.96. The molecule has 1 rings (SSSR count). The number of allylic oxidation sites excluding steroid dienone is 1. The molecule has 0 fully saturated rings. The van der Waals surface area contributed by atoms with Gasteiger partial charge in [0, 0.05) is 10.6 Å². The zero-order valence-corrected chi connectivity index (χ0v) is 9.17. The number of aromatic hydroxyl groups is 1. The third kappa shape index (κ3) is 3.34. The summed E-state index contributed by atoms with van der Waals surface area (Å²) in [5.74, 6) is 0.737. The molecule has 1 N–H and O–H groups in total. The van der Waals surface area contributed by atoms with E-state index >= 15 is 0 Å². The first-order valence-electron chi connectivity index (χ1n) is 4.40. The van der Waals surface area contributed by atoms with Crippen LogP contribution in [0.25, 0.3) is 0 Å². The highest BCUT2D eigenvalue weighted by Gasteiger charge is 2.00. The molecule has 0 amide bonds. The maximum atomic E-state index is 11.6. The molecule has 1 aromatic carbocycles. The van der Waals surface area contributed by atoms with Crippen LogP contribution in [-0.4, -0.2) is 15.1 Å². The van der Waals surface area contributed by atoms with Gasteiger partial charge in [0.2, 0.25) is 0 Å². The Kier molecular flexibility index (Phi) is 3.89. The van der Waals surface area contributed by atoms with Crippen molar-refractivity contribution in [2.75, 3.05) is 5.75 Å². The molecule has 1 aromatic rings. The number of hydrogen-bond acceptors (Lipinski definition) is 2. The summed E-state index contributed by atoms with van der Waals surface area (Å²) in [6, 6.07) is 6.47. The molecule has 0 saturated heterocycles. The Labute approximate surface area is 86.7 Å². The molecule has 0 heterocycles. The van der Waals surface area contributed by atoms with Crippen LogP contribution in [0.5, 0.6) is 5.75 Å². The molecule has 0 aliphatic carbocycles. The van der Waals surface area contributed by atoms with E-state index < -0.39 is 10.8 Å². The van der Waals surface area contributed by atoms with Crippen molar-refractivity contribution in [1.29, 1.82) is 0 Å². The average molecular weight is 210 g/mol. The fraction of sp³-hybridized carbons (Fsp3) is 0.273. The van der Waals surface area contributed by atoms with Crippen LogP contribution < -0.4 is 0 Å². The first-order valence-corrected chi connectivity index (χ1v) is 5.72. The third-order valence-electron chi connectivity index (χ3n) is 1.74. The van der Waals surface area contributed by atoms with Crippen molar-refractivity contribution < 1.29 is 9.32 Å². The van der Waals surface area contributed by atoms with Gasteiger partial charge in [-0.1, -0.05) is 11.6 Å². The first-order chi connectivity index (χ1) is 6.59. The predicted octanol–water partition coefficient (Wildman–Crippen LogP) is 2.47. The van der Waals surface area contributed by atoms with Crippen molar-refractivity contribution >= 4 is 10.8 Å². The van der Waals surface area contributed by atoms with E-state index in [1.54, 1.807) is 24.3 Å². The van der Waals surface area contributed by atoms with Gasteiger partial charge in [0.1, 0.15) is 5.75 Å². The maximum Gasteiger partial charge on any atom is 0.115 e. The van der Waals surface area contributed by atoms with Gasteiger partial charge in [-0.25, -0.2) is 0 Å². The summed E-state index contributed by atoms with van der Waals surface area (Å²) in [5, 5.41) is 9.05. The molecule has 0 radical (unpaired) electrons. The summed E-state index contributed by atoms with van der Waals surface area (Å²) >= 11 is 0. The monoisotopic (exact) mass is 210 g/mol. The lowest BCUT2D eigenvalue weighted by atomic mass is 10.3. The fourth-order valence-corrected chi connectivity index (χ4v) is 2.05. The molecule has 0 aromatic heterocycles. The smallest absolute Gasteiger partial charge is 0.115 e. The number of phenols is 1. The predicted molar refractivity (Wildman–Crippen MR) is 58.8 cm³/mol. The van der Waals surface area contributed by atoms with E-state index in [1.807, 2.05) is 19.9 Å². The number of hydrogen-bond donors (Lipinski definition) is 1. The maximum absolute atomic E-state index is 11.6. The van der Waals surface area contributed by atoms with Gasteiger partial charge in [-0.2, -0.15) is 0 Å². The van der Waals surface area contributed by atoms with E-state index in [0.717, 1.165) is 10.5 Å². The van der Waals surface area contributed by atoms with E-state index in [4.69, 9.17) is 5.11 Å². The highest BCUT2D eigenvalue weighted by Crippen LogP contribution is 2.13. The Bertz CT molecular complexity index is 348.